The van der Waals surface area contributed by atoms with Gasteiger partial charge in [0.15, 0.2) is 0 Å². The fourth-order valence-electron chi connectivity index (χ4n) is 9.89. The summed E-state index contributed by atoms with van der Waals surface area (Å²) in [6.45, 7) is 41.4. The summed E-state index contributed by atoms with van der Waals surface area (Å²) >= 11 is -3.18. The molecule has 0 unspecified atom stereocenters. The zero-order valence-electron chi connectivity index (χ0n) is 32.8. The van der Waals surface area contributed by atoms with E-state index in [-0.39, 0.29) is 4.66 Å². The third-order valence-corrected chi connectivity index (χ3v) is 36.7. The van der Waals surface area contributed by atoms with Crippen LogP contribution in [0.5, 0.6) is 0 Å². The second kappa shape index (κ2) is 13.6. The van der Waals surface area contributed by atoms with Gasteiger partial charge in [0.05, 0.1) is 0 Å². The fraction of sp³-hybridized carbons (Fsp3) is 0.463. The average molecular weight is 747 g/mol. The number of allylic oxidation sites excluding steroid dienone is 4. The van der Waals surface area contributed by atoms with Gasteiger partial charge in [-0.15, -0.1) is 0 Å². The van der Waals surface area contributed by atoms with Crippen LogP contribution < -0.4 is 0 Å². The van der Waals surface area contributed by atoms with E-state index in [1.165, 1.54) is 14.2 Å². The van der Waals surface area contributed by atoms with E-state index in [2.05, 4.69) is 198 Å². The van der Waals surface area contributed by atoms with Crippen LogP contribution in [0, 0.1) is 0 Å². The molecule has 0 bridgehead atoms. The van der Waals surface area contributed by atoms with Gasteiger partial charge in [-0.3, -0.25) is 0 Å². The van der Waals surface area contributed by atoms with Crippen molar-refractivity contribution in [3.63, 3.8) is 0 Å². The first kappa shape index (κ1) is 38.7. The van der Waals surface area contributed by atoms with E-state index in [1.54, 1.807) is 16.7 Å². The van der Waals surface area contributed by atoms with E-state index >= 15 is 0 Å². The molecule has 4 rings (SSSR count). The normalized spacial score (nSPS) is 16.7. The maximum absolute atomic E-state index is 3.18. The molecule has 1 aliphatic carbocycles. The zero-order valence-corrected chi connectivity index (χ0v) is 39.3. The Morgan fingerprint density at radius 2 is 0.702 bits per heavy atom. The topological polar surface area (TPSA) is 0 Å². The van der Waals surface area contributed by atoms with Crippen molar-refractivity contribution in [2.75, 3.05) is 0 Å². The van der Waals surface area contributed by atoms with Gasteiger partial charge in [0, 0.05) is 0 Å². The van der Waals surface area contributed by atoms with E-state index in [1.807, 2.05) is 10.4 Å². The van der Waals surface area contributed by atoms with Gasteiger partial charge in [-0.25, -0.2) is 0 Å². The molecule has 0 radical (unpaired) electrons. The molecule has 6 heteroatoms. The molecule has 0 amide bonds. The second-order valence-electron chi connectivity index (χ2n) is 19.8. The summed E-state index contributed by atoms with van der Waals surface area (Å²) in [6, 6.07) is 35.3. The first-order valence-electron chi connectivity index (χ1n) is 18.1. The van der Waals surface area contributed by atoms with E-state index in [0.29, 0.717) is 0 Å². The summed E-state index contributed by atoms with van der Waals surface area (Å²) in [5.41, 5.74) is 4.70. The van der Waals surface area contributed by atoms with Crippen molar-refractivity contribution in [1.29, 1.82) is 0 Å². The van der Waals surface area contributed by atoms with Crippen molar-refractivity contribution < 1.29 is 16.6 Å². The molecule has 1 aliphatic rings. The molecule has 3 aromatic rings. The number of hydrogen-bond donors (Lipinski definition) is 0. The molecule has 0 heterocycles. The van der Waals surface area contributed by atoms with Gasteiger partial charge >= 0.3 is 301 Å². The Balaban J connectivity index is 2.38. The van der Waals surface area contributed by atoms with Gasteiger partial charge in [-0.1, -0.05) is 0 Å². The molecule has 0 nitrogen and oxygen atoms in total. The van der Waals surface area contributed by atoms with Gasteiger partial charge in [0.25, 0.3) is 0 Å². The molecule has 0 aliphatic heterocycles. The molecule has 254 valence electrons. The Morgan fingerprint density at radius 1 is 0.404 bits per heavy atom. The van der Waals surface area contributed by atoms with Crippen LogP contribution in [0.1, 0.15) is 16.7 Å². The number of benzene rings is 3. The molecule has 0 saturated heterocycles. The zero-order chi connectivity index (χ0) is 35.3. The predicted octanol–water partition coefficient (Wildman–Crippen LogP) is 12.9. The minimum absolute atomic E-state index is 0.272. The van der Waals surface area contributed by atoms with Gasteiger partial charge < -0.3 is 0 Å². The molecule has 0 atom stereocenters. The van der Waals surface area contributed by atoms with Gasteiger partial charge in [0.2, 0.25) is 0 Å². The summed E-state index contributed by atoms with van der Waals surface area (Å²) < 4.78 is 6.21. The number of rotatable bonds is 12. The molecule has 3 aromatic carbocycles. The summed E-state index contributed by atoms with van der Waals surface area (Å²) in [5.74, 6) is 0. The first-order chi connectivity index (χ1) is 21.5. The minimum atomic E-state index is -3.18. The van der Waals surface area contributed by atoms with E-state index in [4.69, 9.17) is 0 Å². The van der Waals surface area contributed by atoms with Gasteiger partial charge in [-0.2, -0.15) is 0 Å². The maximum atomic E-state index is 2.81. The Labute approximate surface area is 299 Å². The van der Waals surface area contributed by atoms with E-state index in [9.17, 15) is 0 Å². The van der Waals surface area contributed by atoms with Crippen LogP contribution in [0.4, 0.5) is 0 Å². The quantitative estimate of drug-likeness (QED) is 0.162. The van der Waals surface area contributed by atoms with Crippen molar-refractivity contribution in [3.8, 4) is 0 Å². The molecular weight excluding hydrogens is 681 g/mol. The average Bonchev–Trinajstić information content (AvgIpc) is 3.32. The van der Waals surface area contributed by atoms with Crippen LogP contribution in [0.25, 0.3) is 0 Å². The second-order valence-corrected chi connectivity index (χ2v) is 52.2. The van der Waals surface area contributed by atoms with Crippen LogP contribution in [-0.2, 0) is 30.8 Å². The Bertz CT molecular complexity index is 1470. The Kier molecular flexibility index (Phi) is 11.2. The SMILES string of the molecule is C[Si](C)(C)C1=C([Si](C)(C)C)C([Si](C)(C)C)([Si](C)(C)C)[C]([Ti]([CH2]c2ccccc2)([CH2]c2ccccc2)[CH2]c2ccccc2)=C1[Si](C)(C)C. The summed E-state index contributed by atoms with van der Waals surface area (Å²) in [7, 11) is -9.09. The van der Waals surface area contributed by atoms with Crippen LogP contribution in [0.15, 0.2) is 110 Å². The molecule has 0 aromatic heterocycles. The third kappa shape index (κ3) is 7.67. The molecular formula is C41H66Si5Ti. The van der Waals surface area contributed by atoms with Gasteiger partial charge in [-0.05, 0) is 0 Å². The monoisotopic (exact) mass is 746 g/mol. The van der Waals surface area contributed by atoms with Crippen molar-refractivity contribution in [2.24, 2.45) is 0 Å². The van der Waals surface area contributed by atoms with Crippen LogP contribution >= 0.6 is 0 Å². The first-order valence-corrected chi connectivity index (χ1v) is 39.7. The molecule has 47 heavy (non-hydrogen) atoms. The van der Waals surface area contributed by atoms with Crippen LogP contribution in [0.2, 0.25) is 103 Å². The molecule has 0 spiro atoms. The van der Waals surface area contributed by atoms with Crippen LogP contribution in [-0.4, -0.2) is 40.4 Å². The standard InChI is InChI=1S/C20H45Si5.3C7H7.Ti/c1-21(2,3)17-16-20(24(10,11)12,25(13,14)15)19(23(7,8)9)18(17)22(4,5)6;3*1-7-5-3-2-4-6-7;/h1-15H3;3*2-6H,1H2;. The summed E-state index contributed by atoms with van der Waals surface area (Å²) in [5, 5.41) is 6.06. The van der Waals surface area contributed by atoms with Crippen molar-refractivity contribution >= 4 is 40.4 Å². The van der Waals surface area contributed by atoms with E-state index < -0.39 is 57.0 Å². The summed E-state index contributed by atoms with van der Waals surface area (Å²) in [6.07, 6.45) is 0. The number of hydrogen-bond acceptors (Lipinski definition) is 0. The van der Waals surface area contributed by atoms with Crippen LogP contribution in [0.3, 0.4) is 0 Å². The van der Waals surface area contributed by atoms with E-state index in [0.717, 1.165) is 0 Å². The van der Waals surface area contributed by atoms with Crippen molar-refractivity contribution in [1.82, 2.24) is 0 Å². The van der Waals surface area contributed by atoms with Crippen molar-refractivity contribution in [3.05, 3.63) is 127 Å². The van der Waals surface area contributed by atoms with Gasteiger partial charge in [0.1, 0.15) is 0 Å². The summed E-state index contributed by atoms with van der Waals surface area (Å²) in [4.78, 5) is 0. The molecule has 0 fully saturated rings. The van der Waals surface area contributed by atoms with Crippen molar-refractivity contribution in [2.45, 2.75) is 117 Å². The fourth-order valence-corrected chi connectivity index (χ4v) is 55.3. The Hall–Kier alpha value is -1.06. The molecule has 0 saturated carbocycles. The third-order valence-electron chi connectivity index (χ3n) is 10.7. The Morgan fingerprint density at radius 3 is 0.936 bits per heavy atom. The molecule has 0 N–H and O–H groups in total. The predicted molar refractivity (Wildman–Crippen MR) is 224 cm³/mol.